The van der Waals surface area contributed by atoms with Gasteiger partial charge < -0.3 is 15.0 Å². The van der Waals surface area contributed by atoms with E-state index >= 15 is 0 Å². The molecule has 1 heterocycles. The number of fused-ring (bicyclic) bond motifs is 1. The van der Waals surface area contributed by atoms with Gasteiger partial charge in [-0.25, -0.2) is 8.78 Å². The molecular weight excluding hydrogens is 326 g/mol. The van der Waals surface area contributed by atoms with Crippen LogP contribution in [0.4, 0.5) is 8.78 Å². The summed E-state index contributed by atoms with van der Waals surface area (Å²) in [5.74, 6) is -1.60. The molecule has 2 aromatic rings. The zero-order valence-electron chi connectivity index (χ0n) is 14.2. The van der Waals surface area contributed by atoms with Crippen molar-refractivity contribution in [3.63, 3.8) is 0 Å². The molecule has 1 aliphatic rings. The number of benzene rings is 2. The van der Waals surface area contributed by atoms with Crippen LogP contribution in [0.1, 0.15) is 27.5 Å². The first-order chi connectivity index (χ1) is 12.0. The highest BCUT2D eigenvalue weighted by Gasteiger charge is 2.22. The third-order valence-electron chi connectivity index (χ3n) is 4.37. The number of carbonyl (C=O) groups excluding carboxylic acids is 1. The van der Waals surface area contributed by atoms with Crippen LogP contribution < -0.4 is 10.1 Å². The molecule has 0 aliphatic carbocycles. The minimum Gasteiger partial charge on any atom is -0.493 e. The first-order valence-electron chi connectivity index (χ1n) is 8.11. The predicted molar refractivity (Wildman–Crippen MR) is 90.8 cm³/mol. The Kier molecular flexibility index (Phi) is 4.99. The molecule has 1 N–H and O–H groups in total. The number of hydrogen-bond donors (Lipinski definition) is 1. The van der Waals surface area contributed by atoms with Gasteiger partial charge in [0, 0.05) is 13.0 Å². The molecule has 1 unspecified atom stereocenters. The van der Waals surface area contributed by atoms with Crippen molar-refractivity contribution in [1.29, 1.82) is 0 Å². The molecule has 2 aromatic carbocycles. The van der Waals surface area contributed by atoms with Crippen molar-refractivity contribution in [1.82, 2.24) is 10.2 Å². The topological polar surface area (TPSA) is 41.6 Å². The van der Waals surface area contributed by atoms with Crippen molar-refractivity contribution in [3.05, 3.63) is 64.7 Å². The standard InChI is InChI=1S/C19H20F2N2O2/c1-23(2)16(12-6-7-17-13(10-12)8-9-25-17)11-22-19(24)18-14(20)4-3-5-15(18)21/h3-7,10,16H,8-9,11H2,1-2H3,(H,22,24). The zero-order chi connectivity index (χ0) is 18.0. The first-order valence-corrected chi connectivity index (χ1v) is 8.11. The molecule has 0 saturated carbocycles. The predicted octanol–water partition coefficient (Wildman–Crippen LogP) is 2.93. The summed E-state index contributed by atoms with van der Waals surface area (Å²) >= 11 is 0. The lowest BCUT2D eigenvalue weighted by atomic mass is 10.0. The zero-order valence-corrected chi connectivity index (χ0v) is 14.2. The summed E-state index contributed by atoms with van der Waals surface area (Å²) in [5.41, 5.74) is 1.60. The van der Waals surface area contributed by atoms with Gasteiger partial charge in [0.1, 0.15) is 22.9 Å². The Bertz CT molecular complexity index is 773. The molecular formula is C19H20F2N2O2. The smallest absolute Gasteiger partial charge is 0.257 e. The average molecular weight is 346 g/mol. The van der Waals surface area contributed by atoms with Crippen LogP contribution in [0.2, 0.25) is 0 Å². The number of nitrogens with zero attached hydrogens (tertiary/aromatic N) is 1. The van der Waals surface area contributed by atoms with E-state index in [1.165, 1.54) is 6.07 Å². The first kappa shape index (κ1) is 17.4. The lowest BCUT2D eigenvalue weighted by molar-refractivity contribution is 0.0933. The van der Waals surface area contributed by atoms with Gasteiger partial charge in [-0.2, -0.15) is 0 Å². The Morgan fingerprint density at radius 2 is 1.96 bits per heavy atom. The number of halogens is 2. The molecule has 4 nitrogen and oxygen atoms in total. The molecule has 0 bridgehead atoms. The molecule has 0 aromatic heterocycles. The summed E-state index contributed by atoms with van der Waals surface area (Å²) in [6.07, 6.45) is 0.857. The van der Waals surface area contributed by atoms with Gasteiger partial charge in [-0.1, -0.05) is 18.2 Å². The van der Waals surface area contributed by atoms with Crippen molar-refractivity contribution < 1.29 is 18.3 Å². The minimum absolute atomic E-state index is 0.121. The number of likely N-dealkylation sites (N-methyl/N-ethyl adjacent to an activating group) is 1. The fourth-order valence-corrected chi connectivity index (χ4v) is 3.00. The lowest BCUT2D eigenvalue weighted by Crippen LogP contribution is -2.35. The van der Waals surface area contributed by atoms with Crippen LogP contribution in [0.5, 0.6) is 5.75 Å². The molecule has 6 heteroatoms. The largest absolute Gasteiger partial charge is 0.493 e. The Hall–Kier alpha value is -2.47. The fraction of sp³-hybridized carbons (Fsp3) is 0.316. The van der Waals surface area contributed by atoms with Crippen LogP contribution >= 0.6 is 0 Å². The molecule has 25 heavy (non-hydrogen) atoms. The summed E-state index contributed by atoms with van der Waals surface area (Å²) in [6.45, 7) is 0.911. The van der Waals surface area contributed by atoms with Crippen molar-refractivity contribution >= 4 is 5.91 Å². The van der Waals surface area contributed by atoms with E-state index in [1.807, 2.05) is 31.1 Å². The maximum absolute atomic E-state index is 13.7. The monoisotopic (exact) mass is 346 g/mol. The number of ether oxygens (including phenoxy) is 1. The highest BCUT2D eigenvalue weighted by atomic mass is 19.1. The van der Waals surface area contributed by atoms with E-state index < -0.39 is 23.1 Å². The van der Waals surface area contributed by atoms with Crippen molar-refractivity contribution in [2.75, 3.05) is 27.2 Å². The van der Waals surface area contributed by atoms with Crippen LogP contribution in [-0.4, -0.2) is 38.1 Å². The number of nitrogens with one attached hydrogen (secondary N) is 1. The van der Waals surface area contributed by atoms with Gasteiger partial charge in [0.25, 0.3) is 5.91 Å². The van der Waals surface area contributed by atoms with Crippen LogP contribution in [0.15, 0.2) is 36.4 Å². The van der Waals surface area contributed by atoms with Crippen LogP contribution in [-0.2, 0) is 6.42 Å². The summed E-state index contributed by atoms with van der Waals surface area (Å²) in [4.78, 5) is 14.2. The van der Waals surface area contributed by atoms with Crippen molar-refractivity contribution in [2.24, 2.45) is 0 Å². The second kappa shape index (κ2) is 7.19. The second-order valence-corrected chi connectivity index (χ2v) is 6.25. The SMILES string of the molecule is CN(C)C(CNC(=O)c1c(F)cccc1F)c1ccc2c(c1)CCO2. The van der Waals surface area contributed by atoms with Crippen LogP contribution in [0.3, 0.4) is 0 Å². The molecule has 0 fully saturated rings. The van der Waals surface area contributed by atoms with Gasteiger partial charge >= 0.3 is 0 Å². The number of amides is 1. The number of hydrogen-bond acceptors (Lipinski definition) is 3. The van der Waals surface area contributed by atoms with E-state index in [9.17, 15) is 13.6 Å². The summed E-state index contributed by atoms with van der Waals surface area (Å²) in [6, 6.07) is 9.19. The van der Waals surface area contributed by atoms with Gasteiger partial charge in [0.2, 0.25) is 0 Å². The van der Waals surface area contributed by atoms with Crippen molar-refractivity contribution in [3.8, 4) is 5.75 Å². The lowest BCUT2D eigenvalue weighted by Gasteiger charge is -2.25. The van der Waals surface area contributed by atoms with E-state index in [0.717, 1.165) is 35.4 Å². The quantitative estimate of drug-likeness (QED) is 0.905. The molecule has 132 valence electrons. The van der Waals surface area contributed by atoms with E-state index in [4.69, 9.17) is 4.74 Å². The highest BCUT2D eigenvalue weighted by Crippen LogP contribution is 2.29. The average Bonchev–Trinajstić information content (AvgIpc) is 3.02. The van der Waals surface area contributed by atoms with Gasteiger partial charge in [0.15, 0.2) is 0 Å². The van der Waals surface area contributed by atoms with Gasteiger partial charge in [-0.3, -0.25) is 4.79 Å². The molecule has 0 radical (unpaired) electrons. The number of rotatable bonds is 5. The maximum atomic E-state index is 13.7. The molecule has 1 atom stereocenters. The van der Waals surface area contributed by atoms with E-state index in [0.29, 0.717) is 6.61 Å². The summed E-state index contributed by atoms with van der Waals surface area (Å²) < 4.78 is 33.0. The van der Waals surface area contributed by atoms with Gasteiger partial charge in [-0.05, 0) is 43.4 Å². The maximum Gasteiger partial charge on any atom is 0.257 e. The summed E-state index contributed by atoms with van der Waals surface area (Å²) in [7, 11) is 3.79. The Labute approximate surface area is 145 Å². The molecule has 0 spiro atoms. The highest BCUT2D eigenvalue weighted by molar-refractivity contribution is 5.94. The minimum atomic E-state index is -0.867. The van der Waals surface area contributed by atoms with E-state index in [1.54, 1.807) is 0 Å². The fourth-order valence-electron chi connectivity index (χ4n) is 3.00. The Morgan fingerprint density at radius 1 is 1.24 bits per heavy atom. The number of carbonyl (C=O) groups is 1. The third-order valence-corrected chi connectivity index (χ3v) is 4.37. The van der Waals surface area contributed by atoms with Gasteiger partial charge in [0.05, 0.1) is 12.6 Å². The molecule has 1 amide bonds. The molecule has 3 rings (SSSR count). The third kappa shape index (κ3) is 3.64. The Balaban J connectivity index is 1.76. The van der Waals surface area contributed by atoms with Crippen LogP contribution in [0, 0.1) is 11.6 Å². The Morgan fingerprint density at radius 3 is 2.64 bits per heavy atom. The normalized spacial score (nSPS) is 14.1. The van der Waals surface area contributed by atoms with Crippen molar-refractivity contribution in [2.45, 2.75) is 12.5 Å². The second-order valence-electron chi connectivity index (χ2n) is 6.25. The van der Waals surface area contributed by atoms with E-state index in [2.05, 4.69) is 11.4 Å². The van der Waals surface area contributed by atoms with E-state index in [-0.39, 0.29) is 12.6 Å². The van der Waals surface area contributed by atoms with Crippen LogP contribution in [0.25, 0.3) is 0 Å². The summed E-state index contributed by atoms with van der Waals surface area (Å²) in [5, 5.41) is 2.64. The molecule has 1 aliphatic heterocycles. The molecule has 0 saturated heterocycles. The van der Waals surface area contributed by atoms with Gasteiger partial charge in [-0.15, -0.1) is 0 Å².